The maximum Gasteiger partial charge on any atom is 0.416 e. The Morgan fingerprint density at radius 2 is 1.77 bits per heavy atom. The Kier molecular flexibility index (Phi) is 9.85. The van der Waals surface area contributed by atoms with Crippen LogP contribution in [0.2, 0.25) is 4.34 Å². The zero-order chi connectivity index (χ0) is 31.6. The van der Waals surface area contributed by atoms with E-state index in [-0.39, 0.29) is 17.3 Å². The molecule has 0 bridgehead atoms. The smallest absolute Gasteiger partial charge is 0.349 e. The first-order chi connectivity index (χ1) is 20.8. The molecule has 4 heterocycles. The number of benzene rings is 1. The molecular weight excluding hydrogens is 637 g/mol. The second kappa shape index (κ2) is 13.3. The molecule has 0 unspecified atom stereocenters. The number of nitrogens with one attached hydrogen (secondary N) is 1. The molecule has 5 rings (SSSR count). The highest BCUT2D eigenvalue weighted by Crippen LogP contribution is 2.33. The van der Waals surface area contributed by atoms with Crippen LogP contribution in [0.4, 0.5) is 19.1 Å². The molecule has 0 radical (unpaired) electrons. The summed E-state index contributed by atoms with van der Waals surface area (Å²) < 4.78 is 67.6. The number of anilines is 1. The van der Waals surface area contributed by atoms with E-state index in [9.17, 15) is 26.4 Å². The number of aromatic nitrogens is 2. The van der Waals surface area contributed by atoms with Gasteiger partial charge in [-0.15, -0.1) is 11.3 Å². The highest BCUT2D eigenvalue weighted by Gasteiger charge is 2.40. The van der Waals surface area contributed by atoms with E-state index in [1.807, 2.05) is 4.90 Å². The van der Waals surface area contributed by atoms with Crippen LogP contribution in [-0.2, 0) is 27.5 Å². The van der Waals surface area contributed by atoms with Crippen molar-refractivity contribution < 1.29 is 26.4 Å². The van der Waals surface area contributed by atoms with Gasteiger partial charge < -0.3 is 10.2 Å². The van der Waals surface area contributed by atoms with Gasteiger partial charge in [0.15, 0.2) is 0 Å². The van der Waals surface area contributed by atoms with Gasteiger partial charge in [-0.2, -0.15) is 17.5 Å². The molecule has 1 aromatic carbocycles. The van der Waals surface area contributed by atoms with Gasteiger partial charge in [0.1, 0.15) is 10.3 Å². The zero-order valence-corrected chi connectivity index (χ0v) is 26.7. The average molecular weight is 671 g/mol. The molecule has 2 aliphatic heterocycles. The standard InChI is InChI=1S/C29H34ClF3N6O3S2/c1-19(2)18-37-12-14-38(15-13-37)28-35-22(16-23(36-28)20-5-7-21(8-6-20)29(31,32)33)17-34-27(40)24-4-3-11-39(24)44(41,42)26-10-9-25(30)43-26/h5-10,16,19,24H,3-4,11-15,17-18H2,1-2H3,(H,34,40)/t24-/m0/s1. The van der Waals surface area contributed by atoms with Gasteiger partial charge in [-0.1, -0.05) is 37.6 Å². The van der Waals surface area contributed by atoms with Gasteiger partial charge in [0.05, 0.1) is 27.8 Å². The number of amides is 1. The quantitative estimate of drug-likeness (QED) is 0.337. The molecule has 238 valence electrons. The fourth-order valence-electron chi connectivity index (χ4n) is 5.48. The lowest BCUT2D eigenvalue weighted by atomic mass is 10.1. The minimum atomic E-state index is -4.46. The Balaban J connectivity index is 1.36. The SMILES string of the molecule is CC(C)CN1CCN(c2nc(CNC(=O)[C@@H]3CCCN3S(=O)(=O)c3ccc(Cl)s3)cc(-c3ccc(C(F)(F)F)cc3)n2)CC1. The van der Waals surface area contributed by atoms with Gasteiger partial charge in [-0.25, -0.2) is 18.4 Å². The van der Waals surface area contributed by atoms with Crippen LogP contribution in [0, 0.1) is 5.92 Å². The Bertz CT molecular complexity index is 1580. The monoisotopic (exact) mass is 670 g/mol. The van der Waals surface area contributed by atoms with Gasteiger partial charge >= 0.3 is 6.18 Å². The van der Waals surface area contributed by atoms with Gasteiger partial charge in [0.25, 0.3) is 10.0 Å². The van der Waals surface area contributed by atoms with Crippen molar-refractivity contribution in [3.05, 3.63) is 58.1 Å². The summed E-state index contributed by atoms with van der Waals surface area (Å²) in [6, 6.07) is 8.46. The van der Waals surface area contributed by atoms with Crippen LogP contribution in [0.15, 0.2) is 46.7 Å². The topological polar surface area (TPSA) is 98.7 Å². The molecule has 9 nitrogen and oxygen atoms in total. The Morgan fingerprint density at radius 3 is 2.39 bits per heavy atom. The summed E-state index contributed by atoms with van der Waals surface area (Å²) in [5.74, 6) is 0.507. The van der Waals surface area contributed by atoms with E-state index < -0.39 is 33.7 Å². The molecule has 0 saturated carbocycles. The lowest BCUT2D eigenvalue weighted by molar-refractivity contribution is -0.137. The molecule has 1 amide bonds. The van der Waals surface area contributed by atoms with Crippen LogP contribution >= 0.6 is 22.9 Å². The fraction of sp³-hybridized carbons (Fsp3) is 0.483. The number of carbonyl (C=O) groups is 1. The minimum Gasteiger partial charge on any atom is -0.349 e. The summed E-state index contributed by atoms with van der Waals surface area (Å²) in [4.78, 5) is 27.1. The lowest BCUT2D eigenvalue weighted by Gasteiger charge is -2.35. The lowest BCUT2D eigenvalue weighted by Crippen LogP contribution is -2.48. The molecule has 15 heteroatoms. The van der Waals surface area contributed by atoms with E-state index in [0.29, 0.717) is 59.1 Å². The van der Waals surface area contributed by atoms with Crippen molar-refractivity contribution in [1.82, 2.24) is 24.5 Å². The maximum atomic E-state index is 13.3. The Labute approximate surface area is 264 Å². The highest BCUT2D eigenvalue weighted by molar-refractivity contribution is 7.91. The van der Waals surface area contributed by atoms with Crippen LogP contribution in [0.5, 0.6) is 0 Å². The van der Waals surface area contributed by atoms with Gasteiger partial charge in [0.2, 0.25) is 11.9 Å². The minimum absolute atomic E-state index is 0.00940. The Hall–Kier alpha value is -2.78. The summed E-state index contributed by atoms with van der Waals surface area (Å²) in [5.41, 5.74) is 0.609. The van der Waals surface area contributed by atoms with Crippen LogP contribution in [0.25, 0.3) is 11.3 Å². The third-order valence-corrected chi connectivity index (χ3v) is 11.2. The van der Waals surface area contributed by atoms with Gasteiger partial charge in [0, 0.05) is 44.8 Å². The molecule has 0 spiro atoms. The normalized spacial score (nSPS) is 18.7. The summed E-state index contributed by atoms with van der Waals surface area (Å²) in [6.45, 7) is 8.51. The number of hydrogen-bond donors (Lipinski definition) is 1. The molecule has 44 heavy (non-hydrogen) atoms. The molecule has 1 atom stereocenters. The molecule has 1 N–H and O–H groups in total. The van der Waals surface area contributed by atoms with Gasteiger partial charge in [-0.05, 0) is 49.1 Å². The van der Waals surface area contributed by atoms with Crippen molar-refractivity contribution in [1.29, 1.82) is 0 Å². The van der Waals surface area contributed by atoms with Crippen LogP contribution in [-0.4, -0.2) is 78.8 Å². The number of piperazine rings is 1. The van der Waals surface area contributed by atoms with Crippen LogP contribution < -0.4 is 10.2 Å². The maximum absolute atomic E-state index is 13.3. The van der Waals surface area contributed by atoms with Crippen molar-refractivity contribution in [2.45, 2.75) is 49.7 Å². The van der Waals surface area contributed by atoms with Crippen molar-refractivity contribution in [2.75, 3.05) is 44.2 Å². The summed E-state index contributed by atoms with van der Waals surface area (Å²) in [5, 5.41) is 2.83. The first-order valence-corrected chi connectivity index (χ1v) is 17.0. The molecule has 2 aromatic heterocycles. The second-order valence-corrected chi connectivity index (χ2v) is 15.2. The largest absolute Gasteiger partial charge is 0.416 e. The summed E-state index contributed by atoms with van der Waals surface area (Å²) in [7, 11) is -3.90. The predicted octanol–water partition coefficient (Wildman–Crippen LogP) is 5.12. The van der Waals surface area contributed by atoms with E-state index in [2.05, 4.69) is 24.1 Å². The molecule has 2 fully saturated rings. The Morgan fingerprint density at radius 1 is 1.07 bits per heavy atom. The van der Waals surface area contributed by atoms with E-state index >= 15 is 0 Å². The van der Waals surface area contributed by atoms with Crippen LogP contribution in [0.3, 0.4) is 0 Å². The number of hydrogen-bond acceptors (Lipinski definition) is 8. The summed E-state index contributed by atoms with van der Waals surface area (Å²) in [6.07, 6.45) is -3.55. The second-order valence-electron chi connectivity index (χ2n) is 11.4. The van der Waals surface area contributed by atoms with Crippen molar-refractivity contribution in [3.8, 4) is 11.3 Å². The van der Waals surface area contributed by atoms with Crippen molar-refractivity contribution >= 4 is 44.8 Å². The van der Waals surface area contributed by atoms with E-state index in [0.717, 1.165) is 43.1 Å². The molecule has 2 aliphatic rings. The molecule has 2 saturated heterocycles. The number of rotatable bonds is 9. The highest BCUT2D eigenvalue weighted by atomic mass is 35.5. The average Bonchev–Trinajstić information content (AvgIpc) is 3.66. The van der Waals surface area contributed by atoms with E-state index in [1.165, 1.54) is 28.6 Å². The number of thiophene rings is 1. The zero-order valence-electron chi connectivity index (χ0n) is 24.3. The number of halogens is 4. The fourth-order valence-corrected chi connectivity index (χ4v) is 8.75. The third kappa shape index (κ3) is 7.53. The first kappa shape index (κ1) is 32.6. The number of carbonyl (C=O) groups excluding carboxylic acids is 1. The number of alkyl halides is 3. The molecular formula is C29H34ClF3N6O3S2. The predicted molar refractivity (Wildman–Crippen MR) is 164 cm³/mol. The van der Waals surface area contributed by atoms with Crippen molar-refractivity contribution in [3.63, 3.8) is 0 Å². The first-order valence-electron chi connectivity index (χ1n) is 14.4. The summed E-state index contributed by atoms with van der Waals surface area (Å²) >= 11 is 6.90. The van der Waals surface area contributed by atoms with Gasteiger partial charge in [-0.3, -0.25) is 9.69 Å². The van der Waals surface area contributed by atoms with E-state index in [1.54, 1.807) is 6.07 Å². The van der Waals surface area contributed by atoms with Crippen molar-refractivity contribution in [2.24, 2.45) is 5.92 Å². The number of sulfonamides is 1. The third-order valence-electron chi connectivity index (χ3n) is 7.62. The molecule has 3 aromatic rings. The molecule has 0 aliphatic carbocycles. The van der Waals surface area contributed by atoms with E-state index in [4.69, 9.17) is 21.6 Å². The van der Waals surface area contributed by atoms with Crippen LogP contribution in [0.1, 0.15) is 37.9 Å². The number of nitrogens with zero attached hydrogens (tertiary/aromatic N) is 5.